The summed E-state index contributed by atoms with van der Waals surface area (Å²) in [6.07, 6.45) is 1.42. The van der Waals surface area contributed by atoms with Gasteiger partial charge in [-0.25, -0.2) is 0 Å². The van der Waals surface area contributed by atoms with E-state index in [-0.39, 0.29) is 36.2 Å². The van der Waals surface area contributed by atoms with Crippen LogP contribution < -0.4 is 20.3 Å². The largest absolute Gasteiger partial charge is 0.497 e. The molecule has 0 saturated carbocycles. The van der Waals surface area contributed by atoms with Gasteiger partial charge in [0.05, 0.1) is 13.2 Å². The minimum Gasteiger partial charge on any atom is -0.497 e. The number of primary amides is 1. The fourth-order valence-electron chi connectivity index (χ4n) is 4.88. The summed E-state index contributed by atoms with van der Waals surface area (Å²) in [5.41, 5.74) is 9.32. The number of nitrogens with two attached hydrogens (primary N) is 1. The van der Waals surface area contributed by atoms with Crippen molar-refractivity contribution < 1.29 is 19.1 Å². The molecule has 2 N–H and O–H groups in total. The second kappa shape index (κ2) is 10.6. The SMILES string of the molecule is COc1ccc(C(=O)N2c3ccccc3C(N(C(C)=O)c3ccc(CCC(N)=O)cc3)CC2C)cc1. The molecule has 3 aromatic carbocycles. The quantitative estimate of drug-likeness (QED) is 0.527. The predicted octanol–water partition coefficient (Wildman–Crippen LogP) is 4.65. The Kier molecular flexibility index (Phi) is 7.38. The van der Waals surface area contributed by atoms with Gasteiger partial charge in [-0.3, -0.25) is 14.4 Å². The highest BCUT2D eigenvalue weighted by molar-refractivity contribution is 6.07. The molecule has 3 aromatic rings. The normalized spacial score (nSPS) is 16.7. The zero-order chi connectivity index (χ0) is 25.8. The first-order chi connectivity index (χ1) is 17.3. The van der Waals surface area contributed by atoms with Crippen LogP contribution in [0.25, 0.3) is 0 Å². The van der Waals surface area contributed by atoms with Gasteiger partial charge in [0.1, 0.15) is 5.75 Å². The smallest absolute Gasteiger partial charge is 0.258 e. The monoisotopic (exact) mass is 485 g/mol. The second-order valence-corrected chi connectivity index (χ2v) is 9.08. The third-order valence-electron chi connectivity index (χ3n) is 6.64. The summed E-state index contributed by atoms with van der Waals surface area (Å²) in [5.74, 6) is 0.175. The molecule has 36 heavy (non-hydrogen) atoms. The summed E-state index contributed by atoms with van der Waals surface area (Å²) < 4.78 is 5.23. The lowest BCUT2D eigenvalue weighted by Gasteiger charge is -2.43. The van der Waals surface area contributed by atoms with Crippen molar-refractivity contribution in [1.29, 1.82) is 0 Å². The molecule has 7 heteroatoms. The van der Waals surface area contributed by atoms with Crippen molar-refractivity contribution in [2.24, 2.45) is 5.73 Å². The van der Waals surface area contributed by atoms with Gasteiger partial charge in [-0.2, -0.15) is 0 Å². The van der Waals surface area contributed by atoms with Gasteiger partial charge >= 0.3 is 0 Å². The van der Waals surface area contributed by atoms with Gasteiger partial charge in [-0.1, -0.05) is 30.3 Å². The fourth-order valence-corrected chi connectivity index (χ4v) is 4.88. The Hall–Kier alpha value is -4.13. The van der Waals surface area contributed by atoms with Crippen molar-refractivity contribution in [3.05, 3.63) is 89.5 Å². The van der Waals surface area contributed by atoms with Gasteiger partial charge in [0, 0.05) is 36.3 Å². The van der Waals surface area contributed by atoms with Gasteiger partial charge in [0.2, 0.25) is 11.8 Å². The molecule has 1 heterocycles. The summed E-state index contributed by atoms with van der Waals surface area (Å²) in [7, 11) is 1.59. The molecule has 186 valence electrons. The van der Waals surface area contributed by atoms with Gasteiger partial charge in [0.25, 0.3) is 5.91 Å². The summed E-state index contributed by atoms with van der Waals surface area (Å²) in [4.78, 5) is 41.2. The zero-order valence-electron chi connectivity index (χ0n) is 20.8. The summed E-state index contributed by atoms with van der Waals surface area (Å²) in [5, 5.41) is 0. The van der Waals surface area contributed by atoms with Crippen LogP contribution in [-0.2, 0) is 16.0 Å². The number of methoxy groups -OCH3 is 1. The molecule has 0 radical (unpaired) electrons. The fraction of sp³-hybridized carbons (Fsp3) is 0.276. The number of hydrogen-bond acceptors (Lipinski definition) is 4. The molecule has 0 aliphatic carbocycles. The van der Waals surface area contributed by atoms with E-state index in [1.165, 1.54) is 0 Å². The number of hydrogen-bond donors (Lipinski definition) is 1. The molecule has 1 aliphatic heterocycles. The van der Waals surface area contributed by atoms with E-state index >= 15 is 0 Å². The third kappa shape index (κ3) is 5.10. The Morgan fingerprint density at radius 3 is 2.28 bits per heavy atom. The van der Waals surface area contributed by atoms with Crippen molar-refractivity contribution in [1.82, 2.24) is 0 Å². The number of amides is 3. The van der Waals surface area contributed by atoms with Crippen LogP contribution in [0.3, 0.4) is 0 Å². The number of anilines is 2. The van der Waals surface area contributed by atoms with Gasteiger partial charge in [-0.15, -0.1) is 0 Å². The van der Waals surface area contributed by atoms with Crippen molar-refractivity contribution in [3.8, 4) is 5.75 Å². The van der Waals surface area contributed by atoms with E-state index in [0.29, 0.717) is 24.2 Å². The highest BCUT2D eigenvalue weighted by Gasteiger charge is 2.38. The molecule has 0 spiro atoms. The summed E-state index contributed by atoms with van der Waals surface area (Å²) >= 11 is 0. The average molecular weight is 486 g/mol. The van der Waals surface area contributed by atoms with Crippen LogP contribution in [0.5, 0.6) is 5.75 Å². The standard InChI is InChI=1S/C29H31N3O4/c1-19-18-27(32(20(2)33)23-13-8-21(9-14-23)10-17-28(30)34)25-6-4-5-7-26(25)31(19)29(35)22-11-15-24(36-3)16-12-22/h4-9,11-16,19,27H,10,17-18H2,1-3H3,(H2,30,34). The first-order valence-corrected chi connectivity index (χ1v) is 12.0. The van der Waals surface area contributed by atoms with Crippen molar-refractivity contribution in [2.75, 3.05) is 16.9 Å². The lowest BCUT2D eigenvalue weighted by Crippen LogP contribution is -2.47. The van der Waals surface area contributed by atoms with E-state index in [0.717, 1.165) is 22.5 Å². The number of benzene rings is 3. The second-order valence-electron chi connectivity index (χ2n) is 9.08. The first kappa shape index (κ1) is 25.0. The van der Waals surface area contributed by atoms with Gasteiger partial charge in [0.15, 0.2) is 0 Å². The molecule has 0 saturated heterocycles. The Morgan fingerprint density at radius 1 is 1.00 bits per heavy atom. The lowest BCUT2D eigenvalue weighted by molar-refractivity contribution is -0.118. The number of para-hydroxylation sites is 1. The molecule has 0 fully saturated rings. The Labute approximate surface area is 211 Å². The van der Waals surface area contributed by atoms with E-state index in [9.17, 15) is 14.4 Å². The number of rotatable bonds is 7. The number of carbonyl (C=O) groups is 3. The maximum atomic E-state index is 13.6. The van der Waals surface area contributed by atoms with E-state index in [1.54, 1.807) is 43.2 Å². The summed E-state index contributed by atoms with van der Waals surface area (Å²) in [6, 6.07) is 22.1. The van der Waals surface area contributed by atoms with Crippen LogP contribution >= 0.6 is 0 Å². The third-order valence-corrected chi connectivity index (χ3v) is 6.64. The Morgan fingerprint density at radius 2 is 1.67 bits per heavy atom. The topological polar surface area (TPSA) is 92.9 Å². The first-order valence-electron chi connectivity index (χ1n) is 12.0. The maximum Gasteiger partial charge on any atom is 0.258 e. The molecule has 0 bridgehead atoms. The van der Waals surface area contributed by atoms with Crippen molar-refractivity contribution in [3.63, 3.8) is 0 Å². The van der Waals surface area contributed by atoms with Crippen LogP contribution in [-0.4, -0.2) is 30.9 Å². The van der Waals surface area contributed by atoms with E-state index in [1.807, 2.05) is 60.4 Å². The minimum absolute atomic E-state index is 0.0816. The number of fused-ring (bicyclic) bond motifs is 1. The van der Waals surface area contributed by atoms with E-state index < -0.39 is 0 Å². The molecule has 2 unspecified atom stereocenters. The van der Waals surface area contributed by atoms with Crippen LogP contribution in [0.1, 0.15) is 54.2 Å². The highest BCUT2D eigenvalue weighted by atomic mass is 16.5. The Bertz CT molecular complexity index is 1250. The van der Waals surface area contributed by atoms with Crippen LogP contribution in [0.4, 0.5) is 11.4 Å². The molecule has 7 nitrogen and oxygen atoms in total. The Balaban J connectivity index is 1.67. The lowest BCUT2D eigenvalue weighted by atomic mass is 9.89. The molecular formula is C29H31N3O4. The predicted molar refractivity (Wildman–Crippen MR) is 140 cm³/mol. The summed E-state index contributed by atoms with van der Waals surface area (Å²) in [6.45, 7) is 3.57. The number of carbonyl (C=O) groups excluding carboxylic acids is 3. The van der Waals surface area contributed by atoms with Crippen molar-refractivity contribution >= 4 is 29.1 Å². The number of nitrogens with zero attached hydrogens (tertiary/aromatic N) is 2. The van der Waals surface area contributed by atoms with Gasteiger partial charge in [-0.05, 0) is 73.4 Å². The molecule has 1 aliphatic rings. The molecule has 2 atom stereocenters. The van der Waals surface area contributed by atoms with Crippen LogP contribution in [0.2, 0.25) is 0 Å². The highest BCUT2D eigenvalue weighted by Crippen LogP contribution is 2.42. The van der Waals surface area contributed by atoms with Gasteiger partial charge < -0.3 is 20.3 Å². The zero-order valence-corrected chi connectivity index (χ0v) is 20.8. The average Bonchev–Trinajstić information content (AvgIpc) is 2.88. The molecular weight excluding hydrogens is 454 g/mol. The molecule has 3 amide bonds. The van der Waals surface area contributed by atoms with Crippen molar-refractivity contribution in [2.45, 2.75) is 45.2 Å². The minimum atomic E-state index is -0.342. The number of ether oxygens (including phenoxy) is 1. The molecule has 0 aromatic heterocycles. The van der Waals surface area contributed by atoms with E-state index in [4.69, 9.17) is 10.5 Å². The number of aryl methyl sites for hydroxylation is 1. The maximum absolute atomic E-state index is 13.6. The van der Waals surface area contributed by atoms with Crippen LogP contribution in [0.15, 0.2) is 72.8 Å². The van der Waals surface area contributed by atoms with E-state index in [2.05, 4.69) is 0 Å². The van der Waals surface area contributed by atoms with Crippen LogP contribution in [0, 0.1) is 0 Å². The molecule has 4 rings (SSSR count).